The Labute approximate surface area is 177 Å². The third-order valence-corrected chi connectivity index (χ3v) is 7.39. The Morgan fingerprint density at radius 2 is 1.14 bits per heavy atom. The highest BCUT2D eigenvalue weighted by atomic mass is 32.2. The average molecular weight is 437 g/mol. The molecule has 0 aliphatic rings. The fraction of sp³-hybridized carbons (Fsp3) is 0. The maximum atomic E-state index is 13.1. The van der Waals surface area contributed by atoms with E-state index in [0.29, 0.717) is 11.4 Å². The highest BCUT2D eigenvalue weighted by Gasteiger charge is 2.18. The van der Waals surface area contributed by atoms with Crippen molar-refractivity contribution >= 4 is 56.3 Å². The largest absolute Gasteiger partial charge is 0.255 e. The van der Waals surface area contributed by atoms with E-state index in [9.17, 15) is 8.42 Å². The highest BCUT2D eigenvalue weighted by molar-refractivity contribution is 7.91. The van der Waals surface area contributed by atoms with Gasteiger partial charge in [-0.2, -0.15) is 0 Å². The summed E-state index contributed by atoms with van der Waals surface area (Å²) in [7, 11) is -3.67. The molecular formula is C22H16N2O2S3. The molecule has 4 rings (SSSR count). The van der Waals surface area contributed by atoms with Crippen molar-refractivity contribution in [2.24, 2.45) is 9.98 Å². The minimum absolute atomic E-state index is 0.206. The number of hydrogen-bond donors (Lipinski definition) is 0. The summed E-state index contributed by atoms with van der Waals surface area (Å²) in [6, 6.07) is 21.1. The van der Waals surface area contributed by atoms with Crippen molar-refractivity contribution in [2.75, 3.05) is 0 Å². The SMILES string of the molecule is O=S(=O)(c1cccc(N=Cc2cccs2)c1)c1cccc(N=Cc2cccs2)c1. The summed E-state index contributed by atoms with van der Waals surface area (Å²) < 4.78 is 26.2. The van der Waals surface area contributed by atoms with E-state index in [2.05, 4.69) is 9.98 Å². The van der Waals surface area contributed by atoms with Crippen molar-refractivity contribution in [3.63, 3.8) is 0 Å². The van der Waals surface area contributed by atoms with E-state index in [0.717, 1.165) is 9.75 Å². The van der Waals surface area contributed by atoms with Crippen LogP contribution in [-0.2, 0) is 9.84 Å². The van der Waals surface area contributed by atoms with Crippen LogP contribution < -0.4 is 0 Å². The molecule has 0 amide bonds. The van der Waals surface area contributed by atoms with E-state index in [1.165, 1.54) is 0 Å². The third-order valence-electron chi connectivity index (χ3n) is 4.02. The quantitative estimate of drug-likeness (QED) is 0.341. The second-order valence-corrected chi connectivity index (χ2v) is 9.95. The Morgan fingerprint density at radius 1 is 0.655 bits per heavy atom. The number of nitrogens with zero attached hydrogens (tertiary/aromatic N) is 2. The predicted molar refractivity (Wildman–Crippen MR) is 121 cm³/mol. The first-order valence-corrected chi connectivity index (χ1v) is 12.0. The van der Waals surface area contributed by atoms with E-state index in [1.807, 2.05) is 35.0 Å². The van der Waals surface area contributed by atoms with E-state index in [-0.39, 0.29) is 9.79 Å². The van der Waals surface area contributed by atoms with Crippen LogP contribution in [-0.4, -0.2) is 20.8 Å². The molecule has 2 heterocycles. The van der Waals surface area contributed by atoms with Gasteiger partial charge < -0.3 is 0 Å². The molecule has 0 fully saturated rings. The monoisotopic (exact) mass is 436 g/mol. The molecule has 0 radical (unpaired) electrons. The third kappa shape index (κ3) is 4.76. The van der Waals surface area contributed by atoms with Gasteiger partial charge in [-0.1, -0.05) is 24.3 Å². The zero-order valence-corrected chi connectivity index (χ0v) is 17.6. The van der Waals surface area contributed by atoms with Gasteiger partial charge in [0, 0.05) is 22.2 Å². The number of sulfone groups is 1. The number of thiophene rings is 2. The molecule has 0 aliphatic heterocycles. The van der Waals surface area contributed by atoms with E-state index >= 15 is 0 Å². The molecule has 0 unspecified atom stereocenters. The van der Waals surface area contributed by atoms with Crippen LogP contribution in [0.2, 0.25) is 0 Å². The van der Waals surface area contributed by atoms with Gasteiger partial charge >= 0.3 is 0 Å². The van der Waals surface area contributed by atoms with Crippen LogP contribution in [0.5, 0.6) is 0 Å². The topological polar surface area (TPSA) is 58.9 Å². The fourth-order valence-electron chi connectivity index (χ4n) is 2.60. The van der Waals surface area contributed by atoms with Crippen LogP contribution in [0.4, 0.5) is 11.4 Å². The van der Waals surface area contributed by atoms with Crippen molar-refractivity contribution in [1.29, 1.82) is 0 Å². The molecule has 7 heteroatoms. The number of hydrogen-bond acceptors (Lipinski definition) is 6. The second-order valence-electron chi connectivity index (χ2n) is 6.05. The van der Waals surface area contributed by atoms with E-state index < -0.39 is 9.84 Å². The molecule has 0 bridgehead atoms. The summed E-state index contributed by atoms with van der Waals surface area (Å²) >= 11 is 3.15. The smallest absolute Gasteiger partial charge is 0.206 e. The molecule has 4 aromatic rings. The Kier molecular flexibility index (Phi) is 5.80. The molecule has 0 N–H and O–H groups in total. The predicted octanol–water partition coefficient (Wildman–Crippen LogP) is 6.14. The van der Waals surface area contributed by atoms with Gasteiger partial charge in [0.25, 0.3) is 0 Å². The number of benzene rings is 2. The van der Waals surface area contributed by atoms with E-state index in [4.69, 9.17) is 0 Å². The van der Waals surface area contributed by atoms with Crippen LogP contribution in [0.3, 0.4) is 0 Å². The van der Waals surface area contributed by atoms with E-state index in [1.54, 1.807) is 83.6 Å². The maximum Gasteiger partial charge on any atom is 0.206 e. The van der Waals surface area contributed by atoms with Gasteiger partial charge in [0.15, 0.2) is 0 Å². The number of aliphatic imine (C=N–C) groups is 2. The maximum absolute atomic E-state index is 13.1. The highest BCUT2D eigenvalue weighted by Crippen LogP contribution is 2.27. The molecule has 0 atom stereocenters. The first kappa shape index (κ1) is 19.4. The van der Waals surface area contributed by atoms with Crippen molar-refractivity contribution in [1.82, 2.24) is 0 Å². The summed E-state index contributed by atoms with van der Waals surface area (Å²) in [5.74, 6) is 0. The summed E-state index contributed by atoms with van der Waals surface area (Å²) in [6.45, 7) is 0. The zero-order chi connectivity index (χ0) is 20.1. The zero-order valence-electron chi connectivity index (χ0n) is 15.2. The van der Waals surface area contributed by atoms with Gasteiger partial charge in [0.1, 0.15) is 0 Å². The lowest BCUT2D eigenvalue weighted by Crippen LogP contribution is -2.01. The minimum Gasteiger partial charge on any atom is -0.255 e. The normalized spacial score (nSPS) is 12.1. The van der Waals surface area contributed by atoms with Gasteiger partial charge in [0.2, 0.25) is 9.84 Å². The molecule has 0 saturated carbocycles. The van der Waals surface area contributed by atoms with Crippen molar-refractivity contribution in [3.05, 3.63) is 93.3 Å². The summed E-state index contributed by atoms with van der Waals surface area (Å²) in [4.78, 5) is 11.2. The van der Waals surface area contributed by atoms with Crippen LogP contribution in [0.15, 0.2) is 103 Å². The molecule has 0 aliphatic carbocycles. The Bertz CT molecular complexity index is 1160. The van der Waals surface area contributed by atoms with Gasteiger partial charge in [-0.05, 0) is 59.3 Å². The molecule has 29 heavy (non-hydrogen) atoms. The van der Waals surface area contributed by atoms with Crippen molar-refractivity contribution < 1.29 is 8.42 Å². The standard InChI is InChI=1S/C22H16N2O2S3/c25-29(26,21-9-1-5-17(13-21)23-15-19-7-3-11-27-19)22-10-2-6-18(14-22)24-16-20-8-4-12-28-20/h1-16H. The molecule has 2 aromatic heterocycles. The Balaban J connectivity index is 1.61. The first-order valence-electron chi connectivity index (χ1n) is 8.72. The molecule has 0 spiro atoms. The fourth-order valence-corrected chi connectivity index (χ4v) is 5.11. The Hall–Kier alpha value is -2.87. The van der Waals surface area contributed by atoms with Gasteiger partial charge in [-0.25, -0.2) is 8.42 Å². The number of rotatable bonds is 6. The summed E-state index contributed by atoms with van der Waals surface area (Å²) in [6.07, 6.45) is 3.46. The lowest BCUT2D eigenvalue weighted by atomic mass is 10.3. The van der Waals surface area contributed by atoms with Gasteiger partial charge in [0.05, 0.1) is 21.2 Å². The average Bonchev–Trinajstić information content (AvgIpc) is 3.45. The first-order chi connectivity index (χ1) is 14.1. The lowest BCUT2D eigenvalue weighted by Gasteiger charge is -2.06. The molecule has 2 aromatic carbocycles. The molecule has 0 saturated heterocycles. The van der Waals surface area contributed by atoms with Crippen LogP contribution in [0.25, 0.3) is 0 Å². The van der Waals surface area contributed by atoms with Crippen LogP contribution >= 0.6 is 22.7 Å². The molecular weight excluding hydrogens is 420 g/mol. The lowest BCUT2D eigenvalue weighted by molar-refractivity contribution is 0.596. The van der Waals surface area contributed by atoms with Gasteiger partial charge in [-0.3, -0.25) is 9.98 Å². The second kappa shape index (κ2) is 8.65. The van der Waals surface area contributed by atoms with Crippen molar-refractivity contribution in [2.45, 2.75) is 9.79 Å². The molecule has 4 nitrogen and oxygen atoms in total. The van der Waals surface area contributed by atoms with Crippen molar-refractivity contribution in [3.8, 4) is 0 Å². The van der Waals surface area contributed by atoms with Gasteiger partial charge in [-0.15, -0.1) is 22.7 Å². The van der Waals surface area contributed by atoms with Crippen LogP contribution in [0, 0.1) is 0 Å². The van der Waals surface area contributed by atoms with Crippen LogP contribution in [0.1, 0.15) is 9.75 Å². The molecule has 144 valence electrons. The summed E-state index contributed by atoms with van der Waals surface area (Å²) in [5.41, 5.74) is 1.18. The Morgan fingerprint density at radius 3 is 1.55 bits per heavy atom. The summed E-state index contributed by atoms with van der Waals surface area (Å²) in [5, 5.41) is 3.94. The minimum atomic E-state index is -3.67.